The lowest BCUT2D eigenvalue weighted by Crippen LogP contribution is -2.22. The average molecular weight is 434 g/mol. The van der Waals surface area contributed by atoms with Gasteiger partial charge in [-0.25, -0.2) is 22.1 Å². The molecule has 1 N–H and O–H groups in total. The van der Waals surface area contributed by atoms with Crippen molar-refractivity contribution in [2.24, 2.45) is 0 Å². The number of thiazole rings is 1. The summed E-state index contributed by atoms with van der Waals surface area (Å²) >= 11 is 1.27. The van der Waals surface area contributed by atoms with Crippen molar-refractivity contribution in [1.82, 2.24) is 9.29 Å². The second-order valence-electron chi connectivity index (χ2n) is 6.49. The van der Waals surface area contributed by atoms with Gasteiger partial charge in [-0.1, -0.05) is 30.3 Å². The summed E-state index contributed by atoms with van der Waals surface area (Å²) in [5.41, 5.74) is 1.87. The highest BCUT2D eigenvalue weighted by Crippen LogP contribution is 2.26. The van der Waals surface area contributed by atoms with Crippen molar-refractivity contribution in [3.63, 3.8) is 0 Å². The van der Waals surface area contributed by atoms with Gasteiger partial charge >= 0.3 is 0 Å². The van der Waals surface area contributed by atoms with Gasteiger partial charge in [-0.3, -0.25) is 4.79 Å². The van der Waals surface area contributed by atoms with E-state index in [-0.39, 0.29) is 23.0 Å². The lowest BCUT2D eigenvalue weighted by atomic mass is 10.1. The minimum Gasteiger partial charge on any atom is -0.302 e. The highest BCUT2D eigenvalue weighted by molar-refractivity contribution is 7.89. The van der Waals surface area contributed by atoms with Crippen LogP contribution in [0.4, 0.5) is 9.52 Å². The van der Waals surface area contributed by atoms with Crippen LogP contribution in [-0.2, 0) is 21.2 Å². The largest absolute Gasteiger partial charge is 0.302 e. The minimum absolute atomic E-state index is 0.146. The molecule has 6 nitrogen and oxygen atoms in total. The lowest BCUT2D eigenvalue weighted by molar-refractivity contribution is -0.116. The van der Waals surface area contributed by atoms with Crippen molar-refractivity contribution in [2.45, 2.75) is 17.7 Å². The van der Waals surface area contributed by atoms with E-state index in [0.717, 1.165) is 9.87 Å². The van der Waals surface area contributed by atoms with Crippen molar-refractivity contribution in [1.29, 1.82) is 0 Å². The molecule has 0 aliphatic carbocycles. The molecule has 0 spiro atoms. The minimum atomic E-state index is -3.49. The fourth-order valence-electron chi connectivity index (χ4n) is 2.60. The number of rotatable bonds is 7. The zero-order valence-electron chi connectivity index (χ0n) is 15.9. The molecular weight excluding hydrogens is 413 g/mol. The monoisotopic (exact) mass is 433 g/mol. The Balaban J connectivity index is 1.63. The summed E-state index contributed by atoms with van der Waals surface area (Å²) in [7, 11) is -0.533. The summed E-state index contributed by atoms with van der Waals surface area (Å²) in [6.45, 7) is 0. The van der Waals surface area contributed by atoms with Crippen LogP contribution >= 0.6 is 11.3 Å². The SMILES string of the molecule is CN(C)S(=O)(=O)c1ccc(-c2csc(NC(=O)CCc3ccccc3F)n2)cc1. The fourth-order valence-corrected chi connectivity index (χ4v) is 4.24. The van der Waals surface area contributed by atoms with Crippen molar-refractivity contribution in [3.05, 3.63) is 65.3 Å². The van der Waals surface area contributed by atoms with E-state index < -0.39 is 10.0 Å². The van der Waals surface area contributed by atoms with E-state index in [9.17, 15) is 17.6 Å². The van der Waals surface area contributed by atoms with Gasteiger partial charge in [-0.2, -0.15) is 0 Å². The lowest BCUT2D eigenvalue weighted by Gasteiger charge is -2.11. The van der Waals surface area contributed by atoms with Crippen LogP contribution < -0.4 is 5.32 Å². The molecule has 0 radical (unpaired) electrons. The molecule has 0 saturated carbocycles. The summed E-state index contributed by atoms with van der Waals surface area (Å²) in [4.78, 5) is 16.7. The maximum Gasteiger partial charge on any atom is 0.242 e. The molecule has 0 saturated heterocycles. The van der Waals surface area contributed by atoms with E-state index in [1.165, 1.54) is 43.6 Å². The number of carbonyl (C=O) groups is 1. The van der Waals surface area contributed by atoms with Gasteiger partial charge in [0.25, 0.3) is 0 Å². The molecule has 29 heavy (non-hydrogen) atoms. The molecule has 0 bridgehead atoms. The van der Waals surface area contributed by atoms with E-state index in [0.29, 0.717) is 22.8 Å². The van der Waals surface area contributed by atoms with Gasteiger partial charge in [0, 0.05) is 31.5 Å². The first-order chi connectivity index (χ1) is 13.8. The highest BCUT2D eigenvalue weighted by Gasteiger charge is 2.17. The molecule has 3 rings (SSSR count). The molecule has 0 fully saturated rings. The molecule has 2 aromatic carbocycles. The fraction of sp³-hybridized carbons (Fsp3) is 0.200. The number of amides is 1. The van der Waals surface area contributed by atoms with Crippen LogP contribution in [0.1, 0.15) is 12.0 Å². The van der Waals surface area contributed by atoms with Crippen LogP contribution in [0.3, 0.4) is 0 Å². The third kappa shape index (κ3) is 5.06. The van der Waals surface area contributed by atoms with Crippen LogP contribution in [0.15, 0.2) is 58.8 Å². The number of anilines is 1. The highest BCUT2D eigenvalue weighted by atomic mass is 32.2. The molecule has 3 aromatic rings. The smallest absolute Gasteiger partial charge is 0.242 e. The van der Waals surface area contributed by atoms with Crippen molar-refractivity contribution < 1.29 is 17.6 Å². The van der Waals surface area contributed by atoms with Gasteiger partial charge in [0.1, 0.15) is 5.82 Å². The summed E-state index contributed by atoms with van der Waals surface area (Å²) in [5, 5.41) is 4.93. The molecule has 1 amide bonds. The Kier molecular flexibility index (Phi) is 6.41. The molecular formula is C20H20FN3O3S2. The molecule has 0 unspecified atom stereocenters. The zero-order valence-corrected chi connectivity index (χ0v) is 17.6. The number of halogens is 1. The van der Waals surface area contributed by atoms with Crippen LogP contribution in [0.5, 0.6) is 0 Å². The van der Waals surface area contributed by atoms with Gasteiger partial charge in [-0.15, -0.1) is 11.3 Å². The number of sulfonamides is 1. The summed E-state index contributed by atoms with van der Waals surface area (Å²) in [6.07, 6.45) is 0.450. The molecule has 0 atom stereocenters. The quantitative estimate of drug-likeness (QED) is 0.615. The zero-order chi connectivity index (χ0) is 21.0. The van der Waals surface area contributed by atoms with Gasteiger partial charge in [0.15, 0.2) is 5.13 Å². The molecule has 1 heterocycles. The Morgan fingerprint density at radius 3 is 2.48 bits per heavy atom. The normalized spacial score (nSPS) is 11.6. The summed E-state index contributed by atoms with van der Waals surface area (Å²) < 4.78 is 39.0. The van der Waals surface area contributed by atoms with E-state index in [4.69, 9.17) is 0 Å². The van der Waals surface area contributed by atoms with Crippen LogP contribution in [0.2, 0.25) is 0 Å². The summed E-state index contributed by atoms with van der Waals surface area (Å²) in [6, 6.07) is 12.8. The van der Waals surface area contributed by atoms with Crippen molar-refractivity contribution in [3.8, 4) is 11.3 Å². The number of aromatic nitrogens is 1. The van der Waals surface area contributed by atoms with E-state index in [1.807, 2.05) is 0 Å². The molecule has 0 aliphatic heterocycles. The maximum atomic E-state index is 13.6. The first-order valence-electron chi connectivity index (χ1n) is 8.79. The van der Waals surface area contributed by atoms with Crippen LogP contribution in [0.25, 0.3) is 11.3 Å². The number of nitrogens with one attached hydrogen (secondary N) is 1. The van der Waals surface area contributed by atoms with E-state index in [1.54, 1.807) is 35.7 Å². The van der Waals surface area contributed by atoms with Crippen molar-refractivity contribution in [2.75, 3.05) is 19.4 Å². The Morgan fingerprint density at radius 2 is 1.83 bits per heavy atom. The Bertz CT molecular complexity index is 1110. The summed E-state index contributed by atoms with van der Waals surface area (Å²) in [5.74, 6) is -0.571. The molecule has 152 valence electrons. The van der Waals surface area contributed by atoms with E-state index in [2.05, 4.69) is 10.3 Å². The molecule has 0 aliphatic rings. The van der Waals surface area contributed by atoms with E-state index >= 15 is 0 Å². The van der Waals surface area contributed by atoms with Gasteiger partial charge in [-0.05, 0) is 30.2 Å². The maximum absolute atomic E-state index is 13.6. The number of benzene rings is 2. The first-order valence-corrected chi connectivity index (χ1v) is 11.1. The number of hydrogen-bond acceptors (Lipinski definition) is 5. The predicted molar refractivity (Wildman–Crippen MR) is 112 cm³/mol. The Morgan fingerprint density at radius 1 is 1.14 bits per heavy atom. The first kappa shape index (κ1) is 21.1. The number of hydrogen-bond donors (Lipinski definition) is 1. The topological polar surface area (TPSA) is 79.4 Å². The predicted octanol–water partition coefficient (Wildman–Crippen LogP) is 3.77. The third-order valence-electron chi connectivity index (χ3n) is 4.26. The Hall–Kier alpha value is -2.62. The third-order valence-corrected chi connectivity index (χ3v) is 6.85. The molecule has 1 aromatic heterocycles. The Labute approximate surface area is 173 Å². The van der Waals surface area contributed by atoms with Crippen molar-refractivity contribution >= 4 is 32.4 Å². The second-order valence-corrected chi connectivity index (χ2v) is 9.50. The molecule has 9 heteroatoms. The number of carbonyl (C=O) groups excluding carboxylic acids is 1. The van der Waals surface area contributed by atoms with Crippen LogP contribution in [0, 0.1) is 5.82 Å². The van der Waals surface area contributed by atoms with Gasteiger partial charge in [0.2, 0.25) is 15.9 Å². The van der Waals surface area contributed by atoms with Gasteiger partial charge in [0.05, 0.1) is 10.6 Å². The number of nitrogens with zero attached hydrogens (tertiary/aromatic N) is 2. The standard InChI is InChI=1S/C20H20FN3O3S2/c1-24(2)29(26,27)16-10-7-15(8-11-16)18-13-28-20(22-18)23-19(25)12-9-14-5-3-4-6-17(14)21/h3-8,10-11,13H,9,12H2,1-2H3,(H,22,23,25). The van der Waals surface area contributed by atoms with Crippen LogP contribution in [-0.4, -0.2) is 37.7 Å². The second kappa shape index (κ2) is 8.81. The average Bonchev–Trinajstić information content (AvgIpc) is 3.15. The number of aryl methyl sites for hydroxylation is 1. The van der Waals surface area contributed by atoms with Gasteiger partial charge < -0.3 is 5.32 Å².